The lowest BCUT2D eigenvalue weighted by Gasteiger charge is -2.42. The highest BCUT2D eigenvalue weighted by atomic mass is 32.2. The Balaban J connectivity index is 1.39. The first-order valence-corrected chi connectivity index (χ1v) is 12.2. The predicted molar refractivity (Wildman–Crippen MR) is 120 cm³/mol. The molecule has 5 rings (SSSR count). The third-order valence-corrected chi connectivity index (χ3v) is 8.03. The molecule has 7 nitrogen and oxygen atoms in total. The van der Waals surface area contributed by atoms with Gasteiger partial charge in [0.15, 0.2) is 10.7 Å². The molecule has 2 aliphatic heterocycles. The molecule has 2 atom stereocenters. The van der Waals surface area contributed by atoms with E-state index in [1.165, 1.54) is 12.1 Å². The normalized spacial score (nSPS) is 22.9. The molecule has 5 heterocycles. The Morgan fingerprint density at radius 3 is 2.73 bits per heavy atom. The Bertz CT molecular complexity index is 1110. The monoisotopic (exact) mass is 427 g/mol. The highest BCUT2D eigenvalue weighted by Crippen LogP contribution is 2.35. The molecule has 0 aromatic carbocycles. The largest absolute Gasteiger partial charge is 0.371 e. The van der Waals surface area contributed by atoms with Crippen molar-refractivity contribution < 1.29 is 8.42 Å². The molecule has 30 heavy (non-hydrogen) atoms. The Morgan fingerprint density at radius 1 is 1.13 bits per heavy atom. The third-order valence-electron chi connectivity index (χ3n) is 6.85. The Kier molecular flexibility index (Phi) is 5.37. The van der Waals surface area contributed by atoms with E-state index in [2.05, 4.69) is 43.8 Å². The first-order chi connectivity index (χ1) is 14.6. The first kappa shape index (κ1) is 19.8. The topological polar surface area (TPSA) is 82.2 Å². The SMILES string of the molecule is CC1CCCN(C(C2CCN(c3ccnc4cnc5[nH]ccc5c34)CC2)[SH](=O)=O)C1. The van der Waals surface area contributed by atoms with E-state index in [-0.39, 0.29) is 11.3 Å². The van der Waals surface area contributed by atoms with Crippen molar-refractivity contribution >= 4 is 38.3 Å². The number of rotatable bonds is 4. The van der Waals surface area contributed by atoms with Crippen LogP contribution < -0.4 is 4.90 Å². The Hall–Kier alpha value is -2.19. The quantitative estimate of drug-likeness (QED) is 0.623. The zero-order valence-electron chi connectivity index (χ0n) is 17.3. The van der Waals surface area contributed by atoms with Gasteiger partial charge in [0.1, 0.15) is 11.0 Å². The highest BCUT2D eigenvalue weighted by Gasteiger charge is 2.35. The molecule has 0 radical (unpaired) electrons. The number of nitrogens with one attached hydrogen (secondary N) is 1. The maximum atomic E-state index is 12.2. The molecule has 0 bridgehead atoms. The van der Waals surface area contributed by atoms with Gasteiger partial charge in [0.25, 0.3) is 0 Å². The molecular weight excluding hydrogens is 398 g/mol. The number of likely N-dealkylation sites (tertiary alicyclic amines) is 1. The standard InChI is InChI=1S/C22H29N5O2S/c1-15-3-2-10-27(14-15)22(30(28)29)16-6-11-26(12-7-16)19-5-9-23-18-13-25-21-17(20(18)19)4-8-24-21/h4-5,8-9,13,15-16,22,30H,2-3,6-7,10-12,14H2,1H3,(H,24,25). The van der Waals surface area contributed by atoms with Crippen LogP contribution in [0.4, 0.5) is 5.69 Å². The average Bonchev–Trinajstić information content (AvgIpc) is 3.23. The number of aromatic nitrogens is 3. The van der Waals surface area contributed by atoms with E-state index in [9.17, 15) is 8.42 Å². The van der Waals surface area contributed by atoms with E-state index in [1.807, 2.05) is 18.6 Å². The minimum absolute atomic E-state index is 0.203. The minimum atomic E-state index is -2.46. The molecule has 2 unspecified atom stereocenters. The number of pyridine rings is 2. The summed E-state index contributed by atoms with van der Waals surface area (Å²) in [6, 6.07) is 4.13. The van der Waals surface area contributed by atoms with Crippen LogP contribution >= 0.6 is 0 Å². The van der Waals surface area contributed by atoms with Crippen molar-refractivity contribution in [1.29, 1.82) is 0 Å². The molecule has 0 spiro atoms. The molecule has 2 saturated heterocycles. The second kappa shape index (κ2) is 8.15. The van der Waals surface area contributed by atoms with E-state index in [4.69, 9.17) is 0 Å². The predicted octanol–water partition coefficient (Wildman–Crippen LogP) is 3.00. The van der Waals surface area contributed by atoms with E-state index >= 15 is 0 Å². The van der Waals surface area contributed by atoms with Crippen molar-refractivity contribution in [1.82, 2.24) is 19.9 Å². The van der Waals surface area contributed by atoms with E-state index in [0.29, 0.717) is 5.92 Å². The number of H-pyrrole nitrogens is 1. The second-order valence-electron chi connectivity index (χ2n) is 8.85. The summed E-state index contributed by atoms with van der Waals surface area (Å²) in [6.07, 6.45) is 9.66. The number of hydrogen-bond donors (Lipinski definition) is 2. The lowest BCUT2D eigenvalue weighted by atomic mass is 9.92. The van der Waals surface area contributed by atoms with Crippen molar-refractivity contribution in [3.8, 4) is 0 Å². The van der Waals surface area contributed by atoms with Crippen LogP contribution in [0.2, 0.25) is 0 Å². The molecule has 1 N–H and O–H groups in total. The number of aromatic amines is 1. The van der Waals surface area contributed by atoms with Crippen LogP contribution in [-0.4, -0.2) is 59.8 Å². The maximum Gasteiger partial charge on any atom is 0.156 e. The molecular formula is C22H29N5O2S. The van der Waals surface area contributed by atoms with Gasteiger partial charge in [0.05, 0.1) is 11.7 Å². The lowest BCUT2D eigenvalue weighted by molar-refractivity contribution is 0.126. The van der Waals surface area contributed by atoms with Crippen molar-refractivity contribution in [3.63, 3.8) is 0 Å². The fourth-order valence-electron chi connectivity index (χ4n) is 5.41. The van der Waals surface area contributed by atoms with Crippen LogP contribution in [0.1, 0.15) is 32.6 Å². The average molecular weight is 428 g/mol. The van der Waals surface area contributed by atoms with E-state index in [1.54, 1.807) is 0 Å². The smallest absolute Gasteiger partial charge is 0.156 e. The van der Waals surface area contributed by atoms with Gasteiger partial charge in [-0.05, 0) is 56.2 Å². The number of thiol groups is 1. The van der Waals surface area contributed by atoms with Gasteiger partial charge in [-0.25, -0.2) is 13.4 Å². The van der Waals surface area contributed by atoms with E-state index < -0.39 is 10.7 Å². The summed E-state index contributed by atoms with van der Waals surface area (Å²) < 4.78 is 24.4. The molecule has 160 valence electrons. The van der Waals surface area contributed by atoms with Crippen molar-refractivity contribution in [3.05, 3.63) is 30.7 Å². The summed E-state index contributed by atoms with van der Waals surface area (Å²) in [5.74, 6) is 0.784. The fraction of sp³-hybridized carbons (Fsp3) is 0.545. The maximum absolute atomic E-state index is 12.2. The number of hydrogen-bond acceptors (Lipinski definition) is 6. The Labute approximate surface area is 178 Å². The van der Waals surface area contributed by atoms with Crippen LogP contribution in [0.25, 0.3) is 21.9 Å². The van der Waals surface area contributed by atoms with Gasteiger partial charge in [0.2, 0.25) is 0 Å². The molecule has 3 aromatic rings. The van der Waals surface area contributed by atoms with Gasteiger partial charge in [-0.3, -0.25) is 9.88 Å². The minimum Gasteiger partial charge on any atom is -0.371 e. The van der Waals surface area contributed by atoms with Gasteiger partial charge >= 0.3 is 0 Å². The summed E-state index contributed by atoms with van der Waals surface area (Å²) in [7, 11) is -2.46. The number of piperidine rings is 2. The van der Waals surface area contributed by atoms with Crippen molar-refractivity contribution in [2.75, 3.05) is 31.1 Å². The summed E-state index contributed by atoms with van der Waals surface area (Å²) >= 11 is 0. The molecule has 3 aromatic heterocycles. The van der Waals surface area contributed by atoms with Crippen molar-refractivity contribution in [2.24, 2.45) is 11.8 Å². The molecule has 0 saturated carbocycles. The van der Waals surface area contributed by atoms with Gasteiger partial charge < -0.3 is 9.88 Å². The van der Waals surface area contributed by atoms with Gasteiger partial charge in [-0.2, -0.15) is 0 Å². The van der Waals surface area contributed by atoms with Gasteiger partial charge in [0, 0.05) is 48.5 Å². The lowest BCUT2D eigenvalue weighted by Crippen LogP contribution is -2.49. The van der Waals surface area contributed by atoms with Crippen LogP contribution in [0.5, 0.6) is 0 Å². The highest BCUT2D eigenvalue weighted by molar-refractivity contribution is 7.73. The second-order valence-corrected chi connectivity index (χ2v) is 9.95. The molecule has 8 heteroatoms. The van der Waals surface area contributed by atoms with Crippen LogP contribution in [-0.2, 0) is 10.7 Å². The first-order valence-electron chi connectivity index (χ1n) is 10.9. The number of nitrogens with zero attached hydrogens (tertiary/aromatic N) is 4. The molecule has 2 fully saturated rings. The Morgan fingerprint density at radius 2 is 1.97 bits per heavy atom. The number of anilines is 1. The zero-order chi connectivity index (χ0) is 20.7. The molecule has 0 aliphatic carbocycles. The molecule has 2 aliphatic rings. The van der Waals surface area contributed by atoms with Crippen molar-refractivity contribution in [2.45, 2.75) is 38.0 Å². The zero-order valence-corrected chi connectivity index (χ0v) is 18.2. The van der Waals surface area contributed by atoms with Gasteiger partial charge in [-0.1, -0.05) is 6.92 Å². The molecule has 0 amide bonds. The van der Waals surface area contributed by atoms with Crippen LogP contribution in [0, 0.1) is 11.8 Å². The summed E-state index contributed by atoms with van der Waals surface area (Å²) in [5.41, 5.74) is 2.93. The van der Waals surface area contributed by atoms with E-state index in [0.717, 1.165) is 67.4 Å². The summed E-state index contributed by atoms with van der Waals surface area (Å²) in [6.45, 7) is 5.77. The van der Waals surface area contributed by atoms with Crippen LogP contribution in [0.3, 0.4) is 0 Å². The van der Waals surface area contributed by atoms with Gasteiger partial charge in [-0.15, -0.1) is 0 Å². The summed E-state index contributed by atoms with van der Waals surface area (Å²) in [4.78, 5) is 16.8. The third kappa shape index (κ3) is 3.56. The number of fused-ring (bicyclic) bond motifs is 3. The van der Waals surface area contributed by atoms with Crippen LogP contribution in [0.15, 0.2) is 30.7 Å². The fourth-order valence-corrected chi connectivity index (χ4v) is 6.53. The summed E-state index contributed by atoms with van der Waals surface area (Å²) in [5, 5.41) is 1.89.